The summed E-state index contributed by atoms with van der Waals surface area (Å²) in [6, 6.07) is 24.9. The number of carbonyl (C=O) groups is 1. The molecule has 3 aromatic carbocycles. The first-order valence-electron chi connectivity index (χ1n) is 22.7. The van der Waals surface area contributed by atoms with Crippen LogP contribution in [0.1, 0.15) is 87.4 Å². The lowest BCUT2D eigenvalue weighted by Gasteiger charge is -2.27. The van der Waals surface area contributed by atoms with Crippen molar-refractivity contribution in [3.8, 4) is 34.9 Å². The van der Waals surface area contributed by atoms with Gasteiger partial charge in [0.2, 0.25) is 5.88 Å². The number of pyridine rings is 1. The fraction of sp³-hybridized carbons (Fsp3) is 0.431. The largest absolute Gasteiger partial charge is 0.497 e. The van der Waals surface area contributed by atoms with Crippen LogP contribution in [0.5, 0.6) is 34.9 Å². The molecule has 0 aliphatic rings. The van der Waals surface area contributed by atoms with Crippen LogP contribution in [-0.4, -0.2) is 108 Å². The summed E-state index contributed by atoms with van der Waals surface area (Å²) < 4.78 is 48.4. The van der Waals surface area contributed by atoms with Crippen molar-refractivity contribution in [3.05, 3.63) is 119 Å². The summed E-state index contributed by atoms with van der Waals surface area (Å²) >= 11 is 0. The maximum absolute atomic E-state index is 12.4. The molecule has 17 heteroatoms. The highest BCUT2D eigenvalue weighted by Crippen LogP contribution is 2.34. The smallest absolute Gasteiger partial charge is 0.410 e. The zero-order chi connectivity index (χ0) is 48.6. The summed E-state index contributed by atoms with van der Waals surface area (Å²) in [5.74, 6) is 3.32. The van der Waals surface area contributed by atoms with Crippen LogP contribution < -0.4 is 33.3 Å². The van der Waals surface area contributed by atoms with E-state index in [1.165, 1.54) is 4.90 Å². The molecule has 0 saturated heterocycles. The average Bonchev–Trinajstić information content (AvgIpc) is 3.77. The molecule has 68 heavy (non-hydrogen) atoms. The summed E-state index contributed by atoms with van der Waals surface area (Å²) in [6.07, 6.45) is 3.96. The number of hydrogen-bond acceptors (Lipinski definition) is 15. The van der Waals surface area contributed by atoms with E-state index >= 15 is 0 Å². The van der Waals surface area contributed by atoms with E-state index in [0.29, 0.717) is 104 Å². The molecular weight excluding hydrogens is 871 g/mol. The molecule has 1 amide bonds. The van der Waals surface area contributed by atoms with E-state index in [2.05, 4.69) is 11.9 Å². The summed E-state index contributed by atoms with van der Waals surface area (Å²) in [5.41, 5.74) is 3.40. The van der Waals surface area contributed by atoms with Crippen molar-refractivity contribution in [3.63, 3.8) is 0 Å². The van der Waals surface area contributed by atoms with Gasteiger partial charge in [0.15, 0.2) is 11.5 Å². The molecule has 3 aromatic heterocycles. The Kier molecular flexibility index (Phi) is 18.0. The predicted molar refractivity (Wildman–Crippen MR) is 257 cm³/mol. The molecule has 6 aromatic rings. The molecule has 0 saturated carbocycles. The van der Waals surface area contributed by atoms with Crippen molar-refractivity contribution < 1.29 is 47.8 Å². The maximum Gasteiger partial charge on any atom is 0.410 e. The van der Waals surface area contributed by atoms with E-state index in [-0.39, 0.29) is 12.1 Å². The van der Waals surface area contributed by atoms with Crippen molar-refractivity contribution in [1.29, 1.82) is 0 Å². The molecule has 6 rings (SSSR count). The van der Waals surface area contributed by atoms with Crippen molar-refractivity contribution >= 4 is 17.6 Å². The minimum atomic E-state index is -1.21. The summed E-state index contributed by atoms with van der Waals surface area (Å²) in [7, 11) is 8.14. The van der Waals surface area contributed by atoms with Crippen LogP contribution in [0.4, 0.5) is 10.6 Å². The second-order valence-corrected chi connectivity index (χ2v) is 17.1. The molecule has 0 spiro atoms. The monoisotopic (exact) mass is 935 g/mol. The van der Waals surface area contributed by atoms with Gasteiger partial charge in [-0.15, -0.1) is 5.10 Å². The number of aliphatic hydroxyl groups excluding tert-OH is 1. The first-order valence-corrected chi connectivity index (χ1v) is 22.7. The molecule has 3 heterocycles. The standard InChI is InChI=1S/C51H65N7O10/c1-10-15-39(24-27-65-34-35-16-12-11-13-17-35)67-49-54-48(57(32-37-18-21-40(61-6)28-43(37)63-8)33-38-19-22-41(62-7)29-44(38)64-9)47-53-31-42(58(47)55-49)46(59)36-20-23-45(52-30-36)66-26-14-25-56(5)50(60)68-51(2,3)4/h11-13,16-23,28-31,39,46,59H,10,14-15,24-27,32-34H2,1-9H3. The number of nitrogens with zero attached hydrogens (tertiary/aromatic N) is 7. The van der Waals surface area contributed by atoms with Crippen LogP contribution >= 0.6 is 0 Å². The lowest BCUT2D eigenvalue weighted by Crippen LogP contribution is -2.35. The molecular formula is C51H65N7O10. The quantitative estimate of drug-likeness (QED) is 0.0540. The van der Waals surface area contributed by atoms with Gasteiger partial charge in [0, 0.05) is 74.2 Å². The second kappa shape index (κ2) is 24.3. The number of amides is 1. The highest BCUT2D eigenvalue weighted by molar-refractivity contribution is 5.68. The van der Waals surface area contributed by atoms with E-state index < -0.39 is 17.8 Å². The lowest BCUT2D eigenvalue weighted by atomic mass is 10.1. The van der Waals surface area contributed by atoms with Gasteiger partial charge in [0.05, 0.1) is 60.2 Å². The number of carbonyl (C=O) groups excluding carboxylic acids is 1. The van der Waals surface area contributed by atoms with Gasteiger partial charge in [0.1, 0.15) is 40.8 Å². The Balaban J connectivity index is 1.34. The van der Waals surface area contributed by atoms with Gasteiger partial charge >= 0.3 is 12.1 Å². The number of aromatic nitrogens is 5. The Morgan fingerprint density at radius 1 is 0.809 bits per heavy atom. The number of imidazole rings is 1. The van der Waals surface area contributed by atoms with Crippen molar-refractivity contribution in [2.75, 3.05) is 60.1 Å². The second-order valence-electron chi connectivity index (χ2n) is 17.1. The topological polar surface area (TPSA) is 174 Å². The Morgan fingerprint density at radius 2 is 1.49 bits per heavy atom. The zero-order valence-corrected chi connectivity index (χ0v) is 40.6. The number of anilines is 1. The third kappa shape index (κ3) is 13.9. The highest BCUT2D eigenvalue weighted by Gasteiger charge is 2.27. The number of rotatable bonds is 25. The van der Waals surface area contributed by atoms with Gasteiger partial charge in [-0.3, -0.25) is 0 Å². The van der Waals surface area contributed by atoms with Gasteiger partial charge in [-0.2, -0.15) is 4.98 Å². The van der Waals surface area contributed by atoms with E-state index in [0.717, 1.165) is 29.5 Å². The van der Waals surface area contributed by atoms with Crippen molar-refractivity contribution in [2.24, 2.45) is 0 Å². The predicted octanol–water partition coefficient (Wildman–Crippen LogP) is 8.63. The zero-order valence-electron chi connectivity index (χ0n) is 40.6. The molecule has 2 atom stereocenters. The number of hydrogen-bond donors (Lipinski definition) is 1. The number of aliphatic hydroxyl groups is 1. The Morgan fingerprint density at radius 3 is 2.07 bits per heavy atom. The van der Waals surface area contributed by atoms with Gasteiger partial charge in [0.25, 0.3) is 0 Å². The molecule has 0 fully saturated rings. The molecule has 0 bridgehead atoms. The molecule has 0 radical (unpaired) electrons. The molecule has 364 valence electrons. The fourth-order valence-corrected chi connectivity index (χ4v) is 7.33. The van der Waals surface area contributed by atoms with Crippen LogP contribution in [0.3, 0.4) is 0 Å². The van der Waals surface area contributed by atoms with Crippen molar-refractivity contribution in [1.82, 2.24) is 29.5 Å². The number of methoxy groups -OCH3 is 4. The summed E-state index contributed by atoms with van der Waals surface area (Å²) in [6.45, 7) is 9.88. The van der Waals surface area contributed by atoms with Crippen LogP contribution in [-0.2, 0) is 29.2 Å². The maximum atomic E-state index is 12.4. The third-order valence-electron chi connectivity index (χ3n) is 10.9. The van der Waals surface area contributed by atoms with Gasteiger partial charge in [-0.1, -0.05) is 43.7 Å². The molecule has 17 nitrogen and oxygen atoms in total. The molecule has 2 unspecified atom stereocenters. The minimum Gasteiger partial charge on any atom is -0.497 e. The van der Waals surface area contributed by atoms with E-state index in [9.17, 15) is 9.90 Å². The summed E-state index contributed by atoms with van der Waals surface area (Å²) in [5, 5.41) is 16.9. The molecule has 1 N–H and O–H groups in total. The van der Waals surface area contributed by atoms with Crippen LogP contribution in [0.15, 0.2) is 91.3 Å². The first kappa shape index (κ1) is 50.6. The van der Waals surface area contributed by atoms with Crippen LogP contribution in [0, 0.1) is 0 Å². The first-order chi connectivity index (χ1) is 32.8. The van der Waals surface area contributed by atoms with Crippen LogP contribution in [0.2, 0.25) is 0 Å². The van der Waals surface area contributed by atoms with E-state index in [1.54, 1.807) is 64.5 Å². The minimum absolute atomic E-state index is 0.0908. The normalized spacial score (nSPS) is 12.3. The molecule has 0 aliphatic heterocycles. The van der Waals surface area contributed by atoms with Crippen LogP contribution in [0.25, 0.3) is 5.65 Å². The van der Waals surface area contributed by atoms with Gasteiger partial charge in [-0.25, -0.2) is 19.3 Å². The van der Waals surface area contributed by atoms with Crippen molar-refractivity contribution in [2.45, 2.75) is 90.9 Å². The lowest BCUT2D eigenvalue weighted by molar-refractivity contribution is 0.0291. The van der Waals surface area contributed by atoms with E-state index in [1.807, 2.05) is 92.4 Å². The fourth-order valence-electron chi connectivity index (χ4n) is 7.33. The number of fused-ring (bicyclic) bond motifs is 1. The Bertz CT molecular complexity index is 2460. The number of ether oxygens (including phenoxy) is 8. The highest BCUT2D eigenvalue weighted by atomic mass is 16.6. The average molecular weight is 936 g/mol. The van der Waals surface area contributed by atoms with Gasteiger partial charge < -0.3 is 52.8 Å². The SMILES string of the molecule is CCCC(CCOCc1ccccc1)Oc1nc(N(Cc2ccc(OC)cc2OC)Cc2ccc(OC)cc2OC)c2ncc(C(O)c3ccc(OCCCN(C)C(=O)OC(C)(C)C)nc3)n2n1. The number of benzene rings is 3. The Hall–Kier alpha value is -6.85. The summed E-state index contributed by atoms with van der Waals surface area (Å²) in [4.78, 5) is 30.3. The van der Waals surface area contributed by atoms with Gasteiger partial charge in [-0.05, 0) is 69.5 Å². The third-order valence-corrected chi connectivity index (χ3v) is 10.9. The molecule has 0 aliphatic carbocycles. The Labute approximate surface area is 398 Å². The van der Waals surface area contributed by atoms with E-state index in [4.69, 9.17) is 53.0 Å².